The molecular formula is C15H21ClN2O2. The Kier molecular flexibility index (Phi) is 5.05. The SMILES string of the molecule is Cc1c(C)n(CC(O)CNCCO)c2c(Cl)cccc12. The molecule has 0 spiro atoms. The molecule has 2 rings (SSSR count). The van der Waals surface area contributed by atoms with E-state index in [1.54, 1.807) is 0 Å². The number of rotatable bonds is 6. The van der Waals surface area contributed by atoms with Gasteiger partial charge in [-0.15, -0.1) is 0 Å². The molecule has 1 heterocycles. The minimum atomic E-state index is -0.522. The van der Waals surface area contributed by atoms with Gasteiger partial charge in [0.1, 0.15) is 0 Å². The van der Waals surface area contributed by atoms with Gasteiger partial charge in [-0.2, -0.15) is 0 Å². The fourth-order valence-corrected chi connectivity index (χ4v) is 2.79. The average molecular weight is 297 g/mol. The lowest BCUT2D eigenvalue weighted by Gasteiger charge is -2.15. The number of nitrogens with zero attached hydrogens (tertiary/aromatic N) is 1. The fraction of sp³-hybridized carbons (Fsp3) is 0.467. The first-order chi connectivity index (χ1) is 9.56. The molecule has 0 radical (unpaired) electrons. The van der Waals surface area contributed by atoms with E-state index in [9.17, 15) is 5.11 Å². The summed E-state index contributed by atoms with van der Waals surface area (Å²) in [6, 6.07) is 5.87. The van der Waals surface area contributed by atoms with Crippen molar-refractivity contribution in [2.75, 3.05) is 19.7 Å². The molecule has 5 heteroatoms. The van der Waals surface area contributed by atoms with Crippen molar-refractivity contribution in [3.63, 3.8) is 0 Å². The normalized spacial score (nSPS) is 13.1. The molecular weight excluding hydrogens is 276 g/mol. The summed E-state index contributed by atoms with van der Waals surface area (Å²) in [4.78, 5) is 0. The maximum Gasteiger partial charge on any atom is 0.0843 e. The number of halogens is 1. The standard InChI is InChI=1S/C15H21ClN2O2/c1-10-11(2)18(9-12(20)8-17-6-7-19)15-13(10)4-3-5-14(15)16/h3-5,12,17,19-20H,6-9H2,1-2H3. The summed E-state index contributed by atoms with van der Waals surface area (Å²) in [5.74, 6) is 0. The molecule has 0 aliphatic rings. The van der Waals surface area contributed by atoms with E-state index < -0.39 is 6.10 Å². The zero-order chi connectivity index (χ0) is 14.7. The Balaban J connectivity index is 2.27. The number of para-hydroxylation sites is 1. The Morgan fingerprint density at radius 1 is 1.35 bits per heavy atom. The molecule has 0 amide bonds. The summed E-state index contributed by atoms with van der Waals surface area (Å²) < 4.78 is 2.07. The van der Waals surface area contributed by atoms with Crippen molar-refractivity contribution >= 4 is 22.5 Å². The van der Waals surface area contributed by atoms with Crippen LogP contribution in [0.15, 0.2) is 18.2 Å². The lowest BCUT2D eigenvalue weighted by Crippen LogP contribution is -2.32. The summed E-state index contributed by atoms with van der Waals surface area (Å²) in [5, 5.41) is 23.7. The second kappa shape index (κ2) is 6.59. The highest BCUT2D eigenvalue weighted by molar-refractivity contribution is 6.35. The van der Waals surface area contributed by atoms with Gasteiger partial charge in [-0.1, -0.05) is 23.7 Å². The fourth-order valence-electron chi connectivity index (χ4n) is 2.51. The summed E-state index contributed by atoms with van der Waals surface area (Å²) in [7, 11) is 0. The molecule has 1 unspecified atom stereocenters. The van der Waals surface area contributed by atoms with Crippen LogP contribution in [0.1, 0.15) is 11.3 Å². The number of aliphatic hydroxyl groups is 2. The molecule has 4 nitrogen and oxygen atoms in total. The van der Waals surface area contributed by atoms with E-state index in [4.69, 9.17) is 16.7 Å². The molecule has 0 aliphatic heterocycles. The third-order valence-electron chi connectivity index (χ3n) is 3.67. The Morgan fingerprint density at radius 2 is 2.10 bits per heavy atom. The highest BCUT2D eigenvalue weighted by Gasteiger charge is 2.15. The van der Waals surface area contributed by atoms with Crippen molar-refractivity contribution in [1.82, 2.24) is 9.88 Å². The van der Waals surface area contributed by atoms with Gasteiger partial charge in [0.15, 0.2) is 0 Å². The lowest BCUT2D eigenvalue weighted by molar-refractivity contribution is 0.149. The number of aromatic nitrogens is 1. The van der Waals surface area contributed by atoms with Crippen LogP contribution in [0.25, 0.3) is 10.9 Å². The molecule has 0 bridgehead atoms. The summed E-state index contributed by atoms with van der Waals surface area (Å²) >= 11 is 6.31. The monoisotopic (exact) mass is 296 g/mol. The highest BCUT2D eigenvalue weighted by Crippen LogP contribution is 2.30. The second-order valence-corrected chi connectivity index (χ2v) is 5.45. The smallest absolute Gasteiger partial charge is 0.0843 e. The van der Waals surface area contributed by atoms with Crippen LogP contribution in [-0.2, 0) is 6.54 Å². The van der Waals surface area contributed by atoms with Gasteiger partial charge in [0.25, 0.3) is 0 Å². The van der Waals surface area contributed by atoms with Gasteiger partial charge < -0.3 is 20.1 Å². The van der Waals surface area contributed by atoms with Crippen LogP contribution in [0.3, 0.4) is 0 Å². The Hall–Kier alpha value is -1.07. The number of nitrogens with one attached hydrogen (secondary N) is 1. The van der Waals surface area contributed by atoms with Crippen molar-refractivity contribution in [2.45, 2.75) is 26.5 Å². The molecule has 3 N–H and O–H groups in total. The third kappa shape index (κ3) is 2.99. The van der Waals surface area contributed by atoms with Crippen molar-refractivity contribution in [3.8, 4) is 0 Å². The van der Waals surface area contributed by atoms with E-state index in [-0.39, 0.29) is 6.61 Å². The van der Waals surface area contributed by atoms with Gasteiger partial charge in [-0.3, -0.25) is 0 Å². The molecule has 20 heavy (non-hydrogen) atoms. The van der Waals surface area contributed by atoms with E-state index in [1.807, 2.05) is 19.1 Å². The third-order valence-corrected chi connectivity index (χ3v) is 3.98. The van der Waals surface area contributed by atoms with Gasteiger partial charge in [-0.05, 0) is 25.5 Å². The zero-order valence-corrected chi connectivity index (χ0v) is 12.6. The number of fused-ring (bicyclic) bond motifs is 1. The van der Waals surface area contributed by atoms with Crippen molar-refractivity contribution < 1.29 is 10.2 Å². The predicted molar refractivity (Wildman–Crippen MR) is 82.4 cm³/mol. The van der Waals surface area contributed by atoms with Crippen molar-refractivity contribution in [2.24, 2.45) is 0 Å². The molecule has 1 aromatic carbocycles. The van der Waals surface area contributed by atoms with E-state index in [0.717, 1.165) is 16.6 Å². The summed E-state index contributed by atoms with van der Waals surface area (Å²) in [5.41, 5.74) is 3.29. The number of hydrogen-bond donors (Lipinski definition) is 3. The van der Waals surface area contributed by atoms with Gasteiger partial charge >= 0.3 is 0 Å². The molecule has 0 saturated heterocycles. The van der Waals surface area contributed by atoms with Gasteiger partial charge in [0.05, 0.1) is 29.8 Å². The largest absolute Gasteiger partial charge is 0.395 e. The number of aryl methyl sites for hydroxylation is 1. The van der Waals surface area contributed by atoms with Crippen LogP contribution in [-0.4, -0.2) is 40.6 Å². The van der Waals surface area contributed by atoms with Crippen LogP contribution in [0.5, 0.6) is 0 Å². The Labute approximate surface area is 124 Å². The van der Waals surface area contributed by atoms with Crippen LogP contribution >= 0.6 is 11.6 Å². The van der Waals surface area contributed by atoms with E-state index in [0.29, 0.717) is 24.7 Å². The van der Waals surface area contributed by atoms with Crippen LogP contribution < -0.4 is 5.32 Å². The quantitative estimate of drug-likeness (QED) is 0.713. The molecule has 1 atom stereocenters. The van der Waals surface area contributed by atoms with Crippen LogP contribution in [0.4, 0.5) is 0 Å². The Morgan fingerprint density at radius 3 is 2.80 bits per heavy atom. The van der Waals surface area contributed by atoms with Crippen LogP contribution in [0.2, 0.25) is 5.02 Å². The minimum Gasteiger partial charge on any atom is -0.395 e. The van der Waals surface area contributed by atoms with Gasteiger partial charge in [-0.25, -0.2) is 0 Å². The van der Waals surface area contributed by atoms with Crippen molar-refractivity contribution in [1.29, 1.82) is 0 Å². The van der Waals surface area contributed by atoms with E-state index in [2.05, 4.69) is 22.9 Å². The van der Waals surface area contributed by atoms with Gasteiger partial charge in [0.2, 0.25) is 0 Å². The van der Waals surface area contributed by atoms with Gasteiger partial charge in [0, 0.05) is 24.2 Å². The number of benzene rings is 1. The highest BCUT2D eigenvalue weighted by atomic mass is 35.5. The molecule has 2 aromatic rings. The molecule has 0 saturated carbocycles. The molecule has 0 fully saturated rings. The summed E-state index contributed by atoms with van der Waals surface area (Å²) in [6.07, 6.45) is -0.522. The van der Waals surface area contributed by atoms with Crippen molar-refractivity contribution in [3.05, 3.63) is 34.5 Å². The first-order valence-corrected chi connectivity index (χ1v) is 7.17. The predicted octanol–water partition coefficient (Wildman–Crippen LogP) is 1.85. The minimum absolute atomic E-state index is 0.0726. The number of hydrogen-bond acceptors (Lipinski definition) is 3. The topological polar surface area (TPSA) is 57.4 Å². The summed E-state index contributed by atoms with van der Waals surface area (Å²) in [6.45, 7) is 5.60. The molecule has 1 aromatic heterocycles. The lowest BCUT2D eigenvalue weighted by atomic mass is 10.2. The van der Waals surface area contributed by atoms with E-state index in [1.165, 1.54) is 5.56 Å². The first-order valence-electron chi connectivity index (χ1n) is 6.79. The van der Waals surface area contributed by atoms with E-state index >= 15 is 0 Å². The first kappa shape index (κ1) is 15.3. The second-order valence-electron chi connectivity index (χ2n) is 5.04. The maximum atomic E-state index is 10.1. The maximum absolute atomic E-state index is 10.1. The number of aliphatic hydroxyl groups excluding tert-OH is 2. The average Bonchev–Trinajstić information content (AvgIpc) is 2.66. The van der Waals surface area contributed by atoms with Crippen LogP contribution in [0, 0.1) is 13.8 Å². The molecule has 110 valence electrons. The Bertz CT molecular complexity index is 595. The zero-order valence-electron chi connectivity index (χ0n) is 11.9. The molecule has 0 aliphatic carbocycles.